The van der Waals surface area contributed by atoms with Crippen molar-refractivity contribution in [3.8, 4) is 0 Å². The van der Waals surface area contributed by atoms with Gasteiger partial charge in [-0.3, -0.25) is 0 Å². The molecule has 0 amide bonds. The van der Waals surface area contributed by atoms with Crippen molar-refractivity contribution in [3.05, 3.63) is 0 Å². The molecule has 106 valence electrons. The third-order valence-electron chi connectivity index (χ3n) is 2.25. The minimum Gasteiger partial charge on any atom is -0.376 e. The number of nitrogens with zero attached hydrogens (tertiary/aromatic N) is 1. The van der Waals surface area contributed by atoms with E-state index in [1.807, 2.05) is 20.8 Å². The van der Waals surface area contributed by atoms with Crippen LogP contribution in [0.5, 0.6) is 0 Å². The predicted octanol–water partition coefficient (Wildman–Crippen LogP) is 2.16. The second-order valence-corrected chi connectivity index (χ2v) is 4.85. The maximum atomic E-state index is 5.22. The molecule has 0 aromatic heterocycles. The SMILES string of the molecule is CCN(CC)CC.CCO[SiH](OCC)OCC. The van der Waals surface area contributed by atoms with Gasteiger partial charge in [0.25, 0.3) is 0 Å². The Balaban J connectivity index is 0. The summed E-state index contributed by atoms with van der Waals surface area (Å²) in [7, 11) is -1.73. The molecule has 17 heavy (non-hydrogen) atoms. The molecule has 0 aliphatic rings. The molecule has 0 saturated heterocycles. The monoisotopic (exact) mass is 265 g/mol. The maximum absolute atomic E-state index is 5.22. The highest BCUT2D eigenvalue weighted by atomic mass is 28.3. The Morgan fingerprint density at radius 1 is 0.647 bits per heavy atom. The zero-order valence-electron chi connectivity index (χ0n) is 12.5. The fourth-order valence-corrected chi connectivity index (χ4v) is 2.33. The van der Waals surface area contributed by atoms with Crippen molar-refractivity contribution in [1.29, 1.82) is 0 Å². The minimum absolute atomic E-state index is 0.677. The standard InChI is InChI=1S/C6H15N.C6H16O3Si/c1-4-7(5-2)6-3;1-4-7-10(8-5-2)9-6-3/h4-6H2,1-3H3;10H,4-6H2,1-3H3. The van der Waals surface area contributed by atoms with Crippen molar-refractivity contribution in [3.63, 3.8) is 0 Å². The predicted molar refractivity (Wildman–Crippen MR) is 75.5 cm³/mol. The molecule has 0 aromatic rings. The van der Waals surface area contributed by atoms with Gasteiger partial charge < -0.3 is 18.2 Å². The normalized spacial score (nSPS) is 10.6. The molecule has 0 aromatic carbocycles. The zero-order valence-corrected chi connectivity index (χ0v) is 13.6. The second kappa shape index (κ2) is 16.1. The first-order chi connectivity index (χ1) is 8.19. The summed E-state index contributed by atoms with van der Waals surface area (Å²) in [6, 6.07) is 0. The van der Waals surface area contributed by atoms with Crippen molar-refractivity contribution in [2.75, 3.05) is 39.5 Å². The van der Waals surface area contributed by atoms with E-state index in [9.17, 15) is 0 Å². The number of rotatable bonds is 9. The van der Waals surface area contributed by atoms with Gasteiger partial charge in [0.1, 0.15) is 0 Å². The fourth-order valence-electron chi connectivity index (χ4n) is 1.22. The lowest BCUT2D eigenvalue weighted by atomic mass is 10.5. The summed E-state index contributed by atoms with van der Waals surface area (Å²) in [4.78, 5) is 2.38. The summed E-state index contributed by atoms with van der Waals surface area (Å²) in [6.45, 7) is 18.0. The summed E-state index contributed by atoms with van der Waals surface area (Å²) in [5.41, 5.74) is 0. The summed E-state index contributed by atoms with van der Waals surface area (Å²) in [5.74, 6) is 0. The first-order valence-electron chi connectivity index (χ1n) is 6.76. The van der Waals surface area contributed by atoms with Crippen LogP contribution in [0.15, 0.2) is 0 Å². The molecular formula is C12H31NO3Si. The fraction of sp³-hybridized carbons (Fsp3) is 1.00. The van der Waals surface area contributed by atoms with Crippen molar-refractivity contribution in [2.24, 2.45) is 0 Å². The Morgan fingerprint density at radius 2 is 0.941 bits per heavy atom. The Labute approximate surface area is 109 Å². The van der Waals surface area contributed by atoms with E-state index in [-0.39, 0.29) is 0 Å². The van der Waals surface area contributed by atoms with Gasteiger partial charge in [0, 0.05) is 19.8 Å². The maximum Gasteiger partial charge on any atom is 0.484 e. The molecule has 0 radical (unpaired) electrons. The highest BCUT2D eigenvalue weighted by Crippen LogP contribution is 1.91. The highest BCUT2D eigenvalue weighted by Gasteiger charge is 2.11. The summed E-state index contributed by atoms with van der Waals surface area (Å²) in [6.07, 6.45) is 0. The van der Waals surface area contributed by atoms with E-state index < -0.39 is 9.53 Å². The zero-order chi connectivity index (χ0) is 13.5. The molecule has 0 fully saturated rings. The van der Waals surface area contributed by atoms with Crippen molar-refractivity contribution < 1.29 is 13.3 Å². The van der Waals surface area contributed by atoms with E-state index >= 15 is 0 Å². The van der Waals surface area contributed by atoms with Gasteiger partial charge >= 0.3 is 9.53 Å². The van der Waals surface area contributed by atoms with Crippen LogP contribution in [0.4, 0.5) is 0 Å². The van der Waals surface area contributed by atoms with Crippen LogP contribution >= 0.6 is 0 Å². The Morgan fingerprint density at radius 3 is 1.06 bits per heavy atom. The van der Waals surface area contributed by atoms with Gasteiger partial charge in [-0.2, -0.15) is 0 Å². The van der Waals surface area contributed by atoms with Crippen LogP contribution in [0.2, 0.25) is 0 Å². The van der Waals surface area contributed by atoms with Gasteiger partial charge in [0.2, 0.25) is 0 Å². The first kappa shape index (κ1) is 19.4. The lowest BCUT2D eigenvalue weighted by Crippen LogP contribution is -2.27. The topological polar surface area (TPSA) is 30.9 Å². The molecule has 0 atom stereocenters. The van der Waals surface area contributed by atoms with Crippen LogP contribution in [-0.4, -0.2) is 53.9 Å². The van der Waals surface area contributed by atoms with Gasteiger partial charge in [0.05, 0.1) is 0 Å². The molecule has 0 spiro atoms. The van der Waals surface area contributed by atoms with E-state index in [0.29, 0.717) is 19.8 Å². The molecular weight excluding hydrogens is 234 g/mol. The Kier molecular flexibility index (Phi) is 18.3. The minimum atomic E-state index is -1.73. The Hall–Kier alpha value is 0.0569. The molecule has 0 N–H and O–H groups in total. The molecule has 0 saturated carbocycles. The van der Waals surface area contributed by atoms with Crippen LogP contribution in [0.1, 0.15) is 41.5 Å². The number of hydrogen-bond acceptors (Lipinski definition) is 4. The lowest BCUT2D eigenvalue weighted by Gasteiger charge is -2.13. The third-order valence-corrected chi connectivity index (χ3v) is 4.07. The van der Waals surface area contributed by atoms with Gasteiger partial charge in [-0.15, -0.1) is 0 Å². The molecule has 0 aliphatic heterocycles. The first-order valence-corrected chi connectivity index (χ1v) is 8.18. The van der Waals surface area contributed by atoms with Gasteiger partial charge in [0.15, 0.2) is 0 Å². The third kappa shape index (κ3) is 14.0. The lowest BCUT2D eigenvalue weighted by molar-refractivity contribution is 0.107. The van der Waals surface area contributed by atoms with Crippen molar-refractivity contribution in [1.82, 2.24) is 4.90 Å². The molecule has 0 rings (SSSR count). The molecule has 0 unspecified atom stereocenters. The van der Waals surface area contributed by atoms with E-state index in [1.54, 1.807) is 0 Å². The molecule has 0 aliphatic carbocycles. The summed E-state index contributed by atoms with van der Waals surface area (Å²) >= 11 is 0. The number of hydrogen-bond donors (Lipinski definition) is 0. The van der Waals surface area contributed by atoms with E-state index in [2.05, 4.69) is 25.7 Å². The summed E-state index contributed by atoms with van der Waals surface area (Å²) in [5, 5.41) is 0. The molecule has 4 nitrogen and oxygen atoms in total. The van der Waals surface area contributed by atoms with Gasteiger partial charge in [-0.25, -0.2) is 0 Å². The van der Waals surface area contributed by atoms with Crippen LogP contribution in [0.3, 0.4) is 0 Å². The quantitative estimate of drug-likeness (QED) is 0.598. The highest BCUT2D eigenvalue weighted by molar-refractivity contribution is 6.36. The smallest absolute Gasteiger partial charge is 0.376 e. The van der Waals surface area contributed by atoms with E-state index in [0.717, 1.165) is 0 Å². The summed E-state index contributed by atoms with van der Waals surface area (Å²) < 4.78 is 15.7. The molecule has 0 heterocycles. The van der Waals surface area contributed by atoms with Crippen LogP contribution in [0, 0.1) is 0 Å². The van der Waals surface area contributed by atoms with Gasteiger partial charge in [-0.1, -0.05) is 20.8 Å². The second-order valence-electron chi connectivity index (χ2n) is 3.27. The van der Waals surface area contributed by atoms with E-state index in [1.165, 1.54) is 19.6 Å². The van der Waals surface area contributed by atoms with E-state index in [4.69, 9.17) is 13.3 Å². The average molecular weight is 265 g/mol. The molecule has 0 bridgehead atoms. The average Bonchev–Trinajstić information content (AvgIpc) is 2.33. The van der Waals surface area contributed by atoms with Crippen LogP contribution in [-0.2, 0) is 13.3 Å². The Bertz CT molecular complexity index is 115. The largest absolute Gasteiger partial charge is 0.484 e. The van der Waals surface area contributed by atoms with Crippen LogP contribution in [0.25, 0.3) is 0 Å². The van der Waals surface area contributed by atoms with Crippen molar-refractivity contribution in [2.45, 2.75) is 41.5 Å². The molecule has 5 heteroatoms. The van der Waals surface area contributed by atoms with Crippen LogP contribution < -0.4 is 0 Å². The van der Waals surface area contributed by atoms with Gasteiger partial charge in [-0.05, 0) is 40.4 Å². The van der Waals surface area contributed by atoms with Crippen molar-refractivity contribution >= 4 is 9.53 Å².